The van der Waals surface area contributed by atoms with Crippen LogP contribution in [0, 0.1) is 13.8 Å². The van der Waals surface area contributed by atoms with Crippen LogP contribution < -0.4 is 0 Å². The number of ketones is 1. The molecular formula is C19H20N4O4S. The predicted molar refractivity (Wildman–Crippen MR) is 103 cm³/mol. The summed E-state index contributed by atoms with van der Waals surface area (Å²) >= 11 is 1.16. The summed E-state index contributed by atoms with van der Waals surface area (Å²) in [5, 5.41) is 7.77. The molecule has 3 aromatic heterocycles. The lowest BCUT2D eigenvalue weighted by molar-refractivity contribution is 0.0525. The van der Waals surface area contributed by atoms with E-state index in [1.807, 2.05) is 6.07 Å². The number of pyridine rings is 1. The normalized spacial score (nSPS) is 12.0. The number of Topliss-reactive ketones (excluding diaryl/α,β-unsaturated/α-hetero) is 1. The Kier molecular flexibility index (Phi) is 5.93. The lowest BCUT2D eigenvalue weighted by Gasteiger charge is -2.07. The largest absolute Gasteiger partial charge is 0.462 e. The summed E-state index contributed by atoms with van der Waals surface area (Å²) < 4.78 is 10.7. The zero-order valence-electron chi connectivity index (χ0n) is 16.0. The Balaban J connectivity index is 1.76. The van der Waals surface area contributed by atoms with Crippen LogP contribution in [0.5, 0.6) is 0 Å². The molecule has 0 saturated heterocycles. The standard InChI is InChI=1S/C19H20N4O4S/c1-5-26-18(25)14-10(2)15(21-11(14)3)16(24)12(4)28-19-23-22-17(27-19)13-7-6-8-20-9-13/h6-9,12,21H,5H2,1-4H3/t12-/m1/s1. The summed E-state index contributed by atoms with van der Waals surface area (Å²) in [7, 11) is 0. The maximum atomic E-state index is 12.9. The first-order chi connectivity index (χ1) is 13.4. The number of nitrogens with zero attached hydrogens (tertiary/aromatic N) is 3. The van der Waals surface area contributed by atoms with E-state index in [4.69, 9.17) is 9.15 Å². The Bertz CT molecular complexity index is 997. The number of aromatic nitrogens is 4. The van der Waals surface area contributed by atoms with E-state index in [-0.39, 0.29) is 17.6 Å². The van der Waals surface area contributed by atoms with E-state index in [1.165, 1.54) is 0 Å². The summed E-state index contributed by atoms with van der Waals surface area (Å²) in [4.78, 5) is 32.0. The van der Waals surface area contributed by atoms with Gasteiger partial charge >= 0.3 is 5.97 Å². The average Bonchev–Trinajstić information content (AvgIpc) is 3.26. The fourth-order valence-corrected chi connectivity index (χ4v) is 3.52. The number of H-pyrrole nitrogens is 1. The van der Waals surface area contributed by atoms with Crippen LogP contribution in [0.1, 0.15) is 46.0 Å². The van der Waals surface area contributed by atoms with Gasteiger partial charge in [0.1, 0.15) is 0 Å². The van der Waals surface area contributed by atoms with Crippen molar-refractivity contribution in [1.82, 2.24) is 20.2 Å². The van der Waals surface area contributed by atoms with E-state index >= 15 is 0 Å². The molecule has 0 fully saturated rings. The molecule has 9 heteroatoms. The molecule has 0 aliphatic heterocycles. The van der Waals surface area contributed by atoms with Gasteiger partial charge in [0, 0.05) is 18.1 Å². The molecule has 8 nitrogen and oxygen atoms in total. The van der Waals surface area contributed by atoms with Crippen LogP contribution in [0.4, 0.5) is 0 Å². The van der Waals surface area contributed by atoms with Crippen molar-refractivity contribution in [2.45, 2.75) is 38.2 Å². The highest BCUT2D eigenvalue weighted by Gasteiger charge is 2.27. The fraction of sp³-hybridized carbons (Fsp3) is 0.316. The number of carbonyl (C=O) groups excluding carboxylic acids is 2. The van der Waals surface area contributed by atoms with Gasteiger partial charge in [0.2, 0.25) is 5.89 Å². The number of rotatable bonds is 7. The van der Waals surface area contributed by atoms with Gasteiger partial charge in [0.05, 0.1) is 28.7 Å². The maximum absolute atomic E-state index is 12.9. The molecule has 3 heterocycles. The van der Waals surface area contributed by atoms with Crippen molar-refractivity contribution < 1.29 is 18.7 Å². The Morgan fingerprint density at radius 2 is 2.11 bits per heavy atom. The maximum Gasteiger partial charge on any atom is 0.340 e. The first-order valence-electron chi connectivity index (χ1n) is 8.73. The fourth-order valence-electron chi connectivity index (χ4n) is 2.78. The molecule has 3 aromatic rings. The van der Waals surface area contributed by atoms with E-state index < -0.39 is 11.2 Å². The van der Waals surface area contributed by atoms with Gasteiger partial charge in [-0.25, -0.2) is 4.79 Å². The second-order valence-corrected chi connectivity index (χ2v) is 7.38. The number of ether oxygens (including phenoxy) is 1. The van der Waals surface area contributed by atoms with Crippen molar-refractivity contribution in [3.05, 3.63) is 47.0 Å². The van der Waals surface area contributed by atoms with Crippen molar-refractivity contribution >= 4 is 23.5 Å². The quantitative estimate of drug-likeness (QED) is 0.364. The number of aromatic amines is 1. The molecule has 1 atom stereocenters. The highest BCUT2D eigenvalue weighted by atomic mass is 32.2. The van der Waals surface area contributed by atoms with E-state index in [2.05, 4.69) is 20.2 Å². The van der Waals surface area contributed by atoms with Gasteiger partial charge in [-0.2, -0.15) is 0 Å². The third-order valence-electron chi connectivity index (χ3n) is 4.13. The van der Waals surface area contributed by atoms with Crippen LogP contribution in [0.2, 0.25) is 0 Å². The van der Waals surface area contributed by atoms with Crippen LogP contribution in [0.3, 0.4) is 0 Å². The van der Waals surface area contributed by atoms with Gasteiger partial charge in [0.25, 0.3) is 5.22 Å². The molecule has 28 heavy (non-hydrogen) atoms. The first kappa shape index (κ1) is 19.8. The van der Waals surface area contributed by atoms with Crippen LogP contribution >= 0.6 is 11.8 Å². The van der Waals surface area contributed by atoms with Crippen LogP contribution in [-0.4, -0.2) is 43.8 Å². The van der Waals surface area contributed by atoms with Gasteiger partial charge in [0.15, 0.2) is 5.78 Å². The Morgan fingerprint density at radius 3 is 2.79 bits per heavy atom. The number of carbonyl (C=O) groups is 2. The molecule has 0 spiro atoms. The molecule has 146 valence electrons. The zero-order chi connectivity index (χ0) is 20.3. The monoisotopic (exact) mass is 400 g/mol. The smallest absolute Gasteiger partial charge is 0.340 e. The highest BCUT2D eigenvalue weighted by Crippen LogP contribution is 2.29. The molecule has 3 rings (SSSR count). The summed E-state index contributed by atoms with van der Waals surface area (Å²) in [6.07, 6.45) is 3.28. The molecule has 0 radical (unpaired) electrons. The number of aryl methyl sites for hydroxylation is 1. The lowest BCUT2D eigenvalue weighted by atomic mass is 10.1. The van der Waals surface area contributed by atoms with E-state index in [0.717, 1.165) is 11.8 Å². The third-order valence-corrected chi connectivity index (χ3v) is 5.06. The first-order valence-corrected chi connectivity index (χ1v) is 9.61. The summed E-state index contributed by atoms with van der Waals surface area (Å²) in [6, 6.07) is 3.58. The molecule has 0 saturated carbocycles. The number of hydrogen-bond donors (Lipinski definition) is 1. The molecule has 0 aliphatic rings. The van der Waals surface area contributed by atoms with Crippen LogP contribution in [-0.2, 0) is 4.74 Å². The second kappa shape index (κ2) is 8.39. The molecule has 1 N–H and O–H groups in total. The molecule has 0 amide bonds. The second-order valence-electron chi connectivity index (χ2n) is 6.08. The lowest BCUT2D eigenvalue weighted by Crippen LogP contribution is -2.15. The van der Waals surface area contributed by atoms with Gasteiger partial charge in [-0.3, -0.25) is 9.78 Å². The van der Waals surface area contributed by atoms with Crippen LogP contribution in [0.15, 0.2) is 34.2 Å². The molecule has 0 aliphatic carbocycles. The van der Waals surface area contributed by atoms with E-state index in [1.54, 1.807) is 46.2 Å². The number of thioether (sulfide) groups is 1. The molecular weight excluding hydrogens is 380 g/mol. The number of hydrogen-bond acceptors (Lipinski definition) is 8. The van der Waals surface area contributed by atoms with Crippen molar-refractivity contribution in [1.29, 1.82) is 0 Å². The van der Waals surface area contributed by atoms with Crippen LogP contribution in [0.25, 0.3) is 11.5 Å². The topological polar surface area (TPSA) is 111 Å². The zero-order valence-corrected chi connectivity index (χ0v) is 16.8. The Labute approximate surface area is 166 Å². The minimum absolute atomic E-state index is 0.165. The summed E-state index contributed by atoms with van der Waals surface area (Å²) in [5.41, 5.74) is 2.67. The molecule has 0 unspecified atom stereocenters. The summed E-state index contributed by atoms with van der Waals surface area (Å²) in [5.74, 6) is -0.264. The third kappa shape index (κ3) is 3.99. The molecule has 0 bridgehead atoms. The van der Waals surface area contributed by atoms with Gasteiger partial charge in [-0.15, -0.1) is 10.2 Å². The number of esters is 1. The number of nitrogens with one attached hydrogen (secondary N) is 1. The van der Waals surface area contributed by atoms with E-state index in [9.17, 15) is 9.59 Å². The Morgan fingerprint density at radius 1 is 1.32 bits per heavy atom. The van der Waals surface area contributed by atoms with Gasteiger partial charge < -0.3 is 14.1 Å². The van der Waals surface area contributed by atoms with Gasteiger partial charge in [-0.1, -0.05) is 11.8 Å². The molecule has 0 aromatic carbocycles. The van der Waals surface area contributed by atoms with Crippen molar-refractivity contribution in [3.8, 4) is 11.5 Å². The van der Waals surface area contributed by atoms with Gasteiger partial charge in [-0.05, 0) is 45.4 Å². The minimum atomic E-state index is -0.492. The van der Waals surface area contributed by atoms with Crippen molar-refractivity contribution in [2.75, 3.05) is 6.61 Å². The summed E-state index contributed by atoms with van der Waals surface area (Å²) in [6.45, 7) is 7.24. The van der Waals surface area contributed by atoms with E-state index in [0.29, 0.717) is 34.0 Å². The van der Waals surface area contributed by atoms with Crippen molar-refractivity contribution in [2.24, 2.45) is 0 Å². The Hall–Kier alpha value is -2.94. The predicted octanol–water partition coefficient (Wildman–Crippen LogP) is 3.62. The minimum Gasteiger partial charge on any atom is -0.462 e. The highest BCUT2D eigenvalue weighted by molar-refractivity contribution is 8.00. The van der Waals surface area contributed by atoms with Crippen molar-refractivity contribution in [3.63, 3.8) is 0 Å². The average molecular weight is 400 g/mol. The SMILES string of the molecule is CCOC(=O)c1c(C)[nH]c(C(=O)[C@@H](C)Sc2nnc(-c3cccnc3)o2)c1C.